The maximum absolute atomic E-state index is 10.2. The molecule has 0 spiro atoms. The van der Waals surface area contributed by atoms with Crippen molar-refractivity contribution in [3.05, 3.63) is 0 Å². The molecule has 0 heterocycles. The van der Waals surface area contributed by atoms with Gasteiger partial charge in [0.1, 0.15) is 0 Å². The molecule has 0 radical (unpaired) electrons. The topological polar surface area (TPSA) is 57.6 Å². The molecule has 0 bridgehead atoms. The van der Waals surface area contributed by atoms with Crippen LogP contribution < -0.4 is 0 Å². The highest BCUT2D eigenvalue weighted by Gasteiger charge is 2.10. The van der Waals surface area contributed by atoms with Gasteiger partial charge in [0.25, 0.3) is 0 Å². The monoisotopic (exact) mass is 185 g/mol. The Hall–Kier alpha value is 0.220. The Balaban J connectivity index is 3.87. The van der Waals surface area contributed by atoms with Crippen LogP contribution in [0.5, 0.6) is 0 Å². The molecule has 0 aliphatic heterocycles. The lowest BCUT2D eigenvalue weighted by Gasteiger charge is -2.12. The second kappa shape index (κ2) is 4.17. The minimum atomic E-state index is -3.90. The zero-order valence-corrected chi connectivity index (χ0v) is 7.57. The average molecular weight is 185 g/mol. The van der Waals surface area contributed by atoms with Gasteiger partial charge in [-0.2, -0.15) is 8.42 Å². The van der Waals surface area contributed by atoms with E-state index in [1.54, 1.807) is 0 Å². The van der Waals surface area contributed by atoms with E-state index < -0.39 is 9.15 Å². The van der Waals surface area contributed by atoms with E-state index in [0.29, 0.717) is 24.1 Å². The van der Waals surface area contributed by atoms with Gasteiger partial charge >= 0.3 is 9.15 Å². The minimum absolute atomic E-state index is 0.463. The van der Waals surface area contributed by atoms with Crippen LogP contribution in [0.25, 0.3) is 0 Å². The molecule has 0 saturated heterocycles. The average Bonchev–Trinajstić information content (AvgIpc) is 1.81. The summed E-state index contributed by atoms with van der Waals surface area (Å²) in [6.45, 7) is 4.84. The molecule has 62 valence electrons. The first kappa shape index (κ1) is 10.2. The molecule has 0 atom stereocenters. The molecule has 0 saturated carbocycles. The lowest BCUT2D eigenvalue weighted by molar-refractivity contribution is 0.491. The number of hydrogen-bond acceptors (Lipinski definition) is 4. The van der Waals surface area contributed by atoms with E-state index in [9.17, 15) is 8.42 Å². The molecule has 10 heavy (non-hydrogen) atoms. The van der Waals surface area contributed by atoms with Crippen molar-refractivity contribution in [1.82, 2.24) is 4.31 Å². The molecule has 1 N–H and O–H groups in total. The van der Waals surface area contributed by atoms with Crippen molar-refractivity contribution < 1.29 is 13.0 Å². The molecule has 0 aromatic carbocycles. The summed E-state index contributed by atoms with van der Waals surface area (Å²) in [6.07, 6.45) is 0. The summed E-state index contributed by atoms with van der Waals surface area (Å²) in [7, 11) is -3.44. The molecule has 0 aliphatic carbocycles. The first-order valence-corrected chi connectivity index (χ1v) is 5.64. The molecular weight excluding hydrogens is 174 g/mol. The molecule has 0 aromatic heterocycles. The van der Waals surface area contributed by atoms with Crippen LogP contribution in [0.2, 0.25) is 0 Å². The van der Waals surface area contributed by atoms with Crippen LogP contribution in [0, 0.1) is 0 Å². The predicted molar refractivity (Wildman–Crippen MR) is 42.1 cm³/mol. The molecule has 0 unspecified atom stereocenters. The first-order chi connectivity index (χ1) is 4.49. The largest absolute Gasteiger partial charge is 0.334 e. The Kier molecular flexibility index (Phi) is 4.26. The van der Waals surface area contributed by atoms with Gasteiger partial charge in [0.15, 0.2) is 0 Å². The molecule has 0 rings (SSSR count). The number of nitrogens with zero attached hydrogens (tertiary/aromatic N) is 1. The molecule has 6 heteroatoms. The Morgan fingerprint density at radius 2 is 1.80 bits per heavy atom. The van der Waals surface area contributed by atoms with Crippen molar-refractivity contribution >= 4 is 20.1 Å². The van der Waals surface area contributed by atoms with Crippen molar-refractivity contribution in [1.29, 1.82) is 0 Å². The fourth-order valence-corrected chi connectivity index (χ4v) is 2.37. The van der Waals surface area contributed by atoms with Crippen LogP contribution in [0.4, 0.5) is 0 Å². The fourth-order valence-electron chi connectivity index (χ4n) is 0.462. The standard InChI is InChI=1S/C4H11NO3S2/c1-3-5(4-2)9-10(6,7)8/h3-4H2,1-2H3,(H,6,7,8). The lowest BCUT2D eigenvalue weighted by Crippen LogP contribution is -2.16. The smallest absolute Gasteiger partial charge is 0.276 e. The second-order valence-electron chi connectivity index (χ2n) is 1.62. The normalized spacial score (nSPS) is 12.4. The van der Waals surface area contributed by atoms with Gasteiger partial charge in [-0.1, -0.05) is 13.8 Å². The van der Waals surface area contributed by atoms with Crippen molar-refractivity contribution in [2.24, 2.45) is 0 Å². The van der Waals surface area contributed by atoms with Crippen LogP contribution in [-0.4, -0.2) is 30.4 Å². The third kappa shape index (κ3) is 5.04. The van der Waals surface area contributed by atoms with Crippen molar-refractivity contribution in [2.45, 2.75) is 13.8 Å². The minimum Gasteiger partial charge on any atom is -0.276 e. The lowest BCUT2D eigenvalue weighted by atomic mass is 10.7. The van der Waals surface area contributed by atoms with Crippen LogP contribution in [0.3, 0.4) is 0 Å². The van der Waals surface area contributed by atoms with E-state index in [2.05, 4.69) is 0 Å². The van der Waals surface area contributed by atoms with Gasteiger partial charge < -0.3 is 0 Å². The van der Waals surface area contributed by atoms with Gasteiger partial charge in [-0.05, 0) is 0 Å². The van der Waals surface area contributed by atoms with E-state index in [0.717, 1.165) is 0 Å². The third-order valence-electron chi connectivity index (χ3n) is 0.905. The number of hydrogen-bond donors (Lipinski definition) is 1. The highest BCUT2D eigenvalue weighted by atomic mass is 33.2. The summed E-state index contributed by atoms with van der Waals surface area (Å²) >= 11 is 0. The summed E-state index contributed by atoms with van der Waals surface area (Å²) in [6, 6.07) is 0. The Labute approximate surface area is 64.9 Å². The third-order valence-corrected chi connectivity index (χ3v) is 3.02. The summed E-state index contributed by atoms with van der Waals surface area (Å²) in [5.41, 5.74) is 0. The maximum atomic E-state index is 10.2. The van der Waals surface area contributed by atoms with Crippen LogP contribution in [0.1, 0.15) is 13.8 Å². The predicted octanol–water partition coefficient (Wildman–Crippen LogP) is 0.779. The van der Waals surface area contributed by atoms with Crippen LogP contribution >= 0.6 is 11.0 Å². The van der Waals surface area contributed by atoms with Gasteiger partial charge in [-0.3, -0.25) is 4.55 Å². The summed E-state index contributed by atoms with van der Waals surface area (Å²) in [5, 5.41) is 0. The molecular formula is C4H11NO3S2. The van der Waals surface area contributed by atoms with Gasteiger partial charge in [0.05, 0.1) is 11.0 Å². The van der Waals surface area contributed by atoms with Gasteiger partial charge in [0.2, 0.25) is 0 Å². The van der Waals surface area contributed by atoms with Gasteiger partial charge in [-0.25, -0.2) is 4.31 Å². The zero-order chi connectivity index (χ0) is 8.20. The van der Waals surface area contributed by atoms with Crippen molar-refractivity contribution in [3.63, 3.8) is 0 Å². The number of rotatable bonds is 4. The second-order valence-corrected chi connectivity index (χ2v) is 4.85. The first-order valence-electron chi connectivity index (χ1n) is 2.91. The quantitative estimate of drug-likeness (QED) is 0.398. The SMILES string of the molecule is CCN(CC)SS(=O)(=O)O. The van der Waals surface area contributed by atoms with E-state index in [-0.39, 0.29) is 0 Å². The summed E-state index contributed by atoms with van der Waals surface area (Å²) in [4.78, 5) is 0. The van der Waals surface area contributed by atoms with Crippen molar-refractivity contribution in [3.8, 4) is 0 Å². The highest BCUT2D eigenvalue weighted by molar-refractivity contribution is 8.68. The van der Waals surface area contributed by atoms with Crippen molar-refractivity contribution in [2.75, 3.05) is 13.1 Å². The zero-order valence-electron chi connectivity index (χ0n) is 5.94. The Morgan fingerprint density at radius 3 is 1.90 bits per heavy atom. The molecule has 0 aromatic rings. The van der Waals surface area contributed by atoms with Crippen LogP contribution in [0.15, 0.2) is 0 Å². The van der Waals surface area contributed by atoms with E-state index >= 15 is 0 Å². The molecule has 0 amide bonds. The van der Waals surface area contributed by atoms with E-state index in [1.807, 2.05) is 13.8 Å². The summed E-state index contributed by atoms with van der Waals surface area (Å²) < 4.78 is 30.4. The highest BCUT2D eigenvalue weighted by Crippen LogP contribution is 2.14. The van der Waals surface area contributed by atoms with Gasteiger partial charge in [-0.15, -0.1) is 0 Å². The molecule has 0 fully saturated rings. The van der Waals surface area contributed by atoms with Gasteiger partial charge in [0, 0.05) is 13.1 Å². The Morgan fingerprint density at radius 1 is 1.40 bits per heavy atom. The van der Waals surface area contributed by atoms with E-state index in [4.69, 9.17) is 4.55 Å². The fraction of sp³-hybridized carbons (Fsp3) is 1.00. The molecule has 4 nitrogen and oxygen atoms in total. The summed E-state index contributed by atoms with van der Waals surface area (Å²) in [5.74, 6) is 0. The maximum Gasteiger partial charge on any atom is 0.334 e. The van der Waals surface area contributed by atoms with E-state index in [1.165, 1.54) is 4.31 Å². The van der Waals surface area contributed by atoms with Crippen LogP contribution in [-0.2, 0) is 9.15 Å². The Bertz CT molecular complexity index is 173. The molecule has 0 aliphatic rings.